The number of nitrogens with zero attached hydrogens (tertiary/aromatic N) is 3. The smallest absolute Gasteiger partial charge is 0.164 e. The highest BCUT2D eigenvalue weighted by Crippen LogP contribution is 2.61. The first kappa shape index (κ1) is 34.9. The Morgan fingerprint density at radius 2 is 0.967 bits per heavy atom. The molecule has 0 spiro atoms. The first-order chi connectivity index (χ1) is 30.1. The van der Waals surface area contributed by atoms with Crippen LogP contribution in [0, 0.1) is 17.8 Å². The molecule has 4 bridgehead atoms. The maximum Gasteiger partial charge on any atom is 0.164 e. The molecule has 2 heterocycles. The Hall–Kier alpha value is -6.91. The summed E-state index contributed by atoms with van der Waals surface area (Å²) in [7, 11) is 0. The van der Waals surface area contributed by atoms with E-state index in [0.29, 0.717) is 22.9 Å². The summed E-state index contributed by atoms with van der Waals surface area (Å²) in [5.41, 5.74) is 11.1. The van der Waals surface area contributed by atoms with Gasteiger partial charge in [0.2, 0.25) is 0 Å². The molecule has 0 N–H and O–H groups in total. The maximum atomic E-state index is 6.38. The van der Waals surface area contributed by atoms with Crippen LogP contribution in [-0.2, 0) is 5.41 Å². The van der Waals surface area contributed by atoms with Gasteiger partial charge in [-0.2, -0.15) is 0 Å². The molecule has 4 nitrogen and oxygen atoms in total. The SMILES string of the molecule is c1ccc2cc(-c3nc(-c4ccc(-c5ccc6c(c5)oc5ccccc56)cc4-c4ccc(C56CC7CC(CC(C7)C5)C6)cc4)nc(-c4cccc5ccccc45)n3)ccc2c1. The molecular formula is C57H43N3O. The van der Waals surface area contributed by atoms with E-state index in [0.717, 1.165) is 94.8 Å². The number of furan rings is 1. The third-order valence-electron chi connectivity index (χ3n) is 14.5. The van der Waals surface area contributed by atoms with Crippen molar-refractivity contribution in [2.24, 2.45) is 17.8 Å². The van der Waals surface area contributed by atoms with Crippen molar-refractivity contribution in [2.75, 3.05) is 0 Å². The summed E-state index contributed by atoms with van der Waals surface area (Å²) in [5, 5.41) is 6.87. The topological polar surface area (TPSA) is 51.8 Å². The van der Waals surface area contributed by atoms with E-state index in [1.54, 1.807) is 0 Å². The predicted octanol–water partition coefficient (Wildman–Crippen LogP) is 14.9. The second-order valence-corrected chi connectivity index (χ2v) is 18.2. The quantitative estimate of drug-likeness (QED) is 0.168. The molecule has 292 valence electrons. The average molecular weight is 786 g/mol. The number of aromatic nitrogens is 3. The molecule has 14 rings (SSSR count). The van der Waals surface area contributed by atoms with Crippen LogP contribution in [0.2, 0.25) is 0 Å². The van der Waals surface area contributed by atoms with E-state index in [1.807, 2.05) is 12.1 Å². The zero-order valence-corrected chi connectivity index (χ0v) is 33.9. The molecule has 0 atom stereocenters. The molecule has 8 aromatic carbocycles. The number of hydrogen-bond donors (Lipinski definition) is 0. The van der Waals surface area contributed by atoms with Crippen LogP contribution in [0.4, 0.5) is 0 Å². The highest BCUT2D eigenvalue weighted by Gasteiger charge is 2.51. The molecule has 0 aliphatic heterocycles. The van der Waals surface area contributed by atoms with Gasteiger partial charge in [-0.3, -0.25) is 0 Å². The van der Waals surface area contributed by atoms with Crippen LogP contribution in [0.25, 0.3) is 99.9 Å². The molecule has 0 amide bonds. The van der Waals surface area contributed by atoms with Crippen molar-refractivity contribution in [1.82, 2.24) is 15.0 Å². The van der Waals surface area contributed by atoms with E-state index >= 15 is 0 Å². The van der Waals surface area contributed by atoms with Gasteiger partial charge in [0, 0.05) is 27.5 Å². The van der Waals surface area contributed by atoms with Crippen LogP contribution in [0.3, 0.4) is 0 Å². The zero-order valence-electron chi connectivity index (χ0n) is 33.9. The van der Waals surface area contributed by atoms with Crippen molar-refractivity contribution >= 4 is 43.5 Å². The molecule has 4 aliphatic rings. The number of para-hydroxylation sites is 1. The second-order valence-electron chi connectivity index (χ2n) is 18.2. The zero-order chi connectivity index (χ0) is 40.1. The van der Waals surface area contributed by atoms with Crippen molar-refractivity contribution in [2.45, 2.75) is 43.9 Å². The van der Waals surface area contributed by atoms with Gasteiger partial charge >= 0.3 is 0 Å². The summed E-state index contributed by atoms with van der Waals surface area (Å²) in [5.74, 6) is 4.66. The lowest BCUT2D eigenvalue weighted by molar-refractivity contribution is -0.00518. The summed E-state index contributed by atoms with van der Waals surface area (Å²) in [6.07, 6.45) is 8.39. The van der Waals surface area contributed by atoms with E-state index in [1.165, 1.54) is 49.5 Å². The molecule has 0 radical (unpaired) electrons. The van der Waals surface area contributed by atoms with Crippen molar-refractivity contribution in [3.63, 3.8) is 0 Å². The van der Waals surface area contributed by atoms with Crippen molar-refractivity contribution < 1.29 is 4.42 Å². The van der Waals surface area contributed by atoms with Crippen LogP contribution >= 0.6 is 0 Å². The summed E-state index contributed by atoms with van der Waals surface area (Å²) < 4.78 is 6.38. The van der Waals surface area contributed by atoms with Crippen molar-refractivity contribution in [3.8, 4) is 56.4 Å². The number of fused-ring (bicyclic) bond motifs is 5. The van der Waals surface area contributed by atoms with Gasteiger partial charge in [-0.1, -0.05) is 133 Å². The molecule has 2 aromatic heterocycles. The van der Waals surface area contributed by atoms with Gasteiger partial charge in [-0.25, -0.2) is 15.0 Å². The fraction of sp³-hybridized carbons (Fsp3) is 0.175. The molecule has 0 saturated heterocycles. The Kier molecular flexibility index (Phi) is 7.76. The van der Waals surface area contributed by atoms with Gasteiger partial charge in [0.15, 0.2) is 17.5 Å². The van der Waals surface area contributed by atoms with Gasteiger partial charge in [-0.15, -0.1) is 0 Å². The molecule has 10 aromatic rings. The maximum absolute atomic E-state index is 6.38. The Balaban J connectivity index is 1.00. The lowest BCUT2D eigenvalue weighted by Gasteiger charge is -2.57. The minimum absolute atomic E-state index is 0.330. The van der Waals surface area contributed by atoms with E-state index in [9.17, 15) is 0 Å². The van der Waals surface area contributed by atoms with Crippen LogP contribution in [0.1, 0.15) is 44.1 Å². The molecular weight excluding hydrogens is 743 g/mol. The largest absolute Gasteiger partial charge is 0.456 e. The molecule has 0 unspecified atom stereocenters. The molecule has 4 saturated carbocycles. The lowest BCUT2D eigenvalue weighted by Crippen LogP contribution is -2.48. The third-order valence-corrected chi connectivity index (χ3v) is 14.5. The fourth-order valence-corrected chi connectivity index (χ4v) is 12.0. The van der Waals surface area contributed by atoms with Crippen molar-refractivity contribution in [1.29, 1.82) is 0 Å². The second kappa shape index (κ2) is 13.6. The number of hydrogen-bond acceptors (Lipinski definition) is 4. The first-order valence-corrected chi connectivity index (χ1v) is 22.0. The van der Waals surface area contributed by atoms with Gasteiger partial charge in [-0.05, 0) is 147 Å². The average Bonchev–Trinajstić information content (AvgIpc) is 3.68. The van der Waals surface area contributed by atoms with E-state index < -0.39 is 0 Å². The van der Waals surface area contributed by atoms with E-state index in [-0.39, 0.29) is 0 Å². The van der Waals surface area contributed by atoms with Crippen LogP contribution in [0.5, 0.6) is 0 Å². The molecule has 4 heteroatoms. The number of rotatable bonds is 6. The van der Waals surface area contributed by atoms with Gasteiger partial charge in [0.25, 0.3) is 0 Å². The minimum atomic E-state index is 0.330. The summed E-state index contributed by atoms with van der Waals surface area (Å²) in [6.45, 7) is 0. The molecule has 4 fully saturated rings. The predicted molar refractivity (Wildman–Crippen MR) is 249 cm³/mol. The lowest BCUT2D eigenvalue weighted by atomic mass is 9.48. The van der Waals surface area contributed by atoms with Crippen molar-refractivity contribution in [3.05, 3.63) is 175 Å². The standard InChI is InChI=1S/C57H43N3O/c1-2-10-41-29-44(17-16-38(41)8-1)54-58-55(49-14-7-11-39-9-3-4-12-46(39)49)60-56(59-54)50-25-21-42(43-20-24-48-47-13-5-6-15-52(47)61-53(48)31-43)30-51(50)40-18-22-45(23-19-40)57-32-35-26-36(33-57)28-37(27-35)34-57/h1-25,29-31,35-37H,26-28,32-34H2. The molecule has 61 heavy (non-hydrogen) atoms. The Morgan fingerprint density at radius 3 is 1.77 bits per heavy atom. The molecule has 4 aliphatic carbocycles. The third kappa shape index (κ3) is 5.84. The first-order valence-electron chi connectivity index (χ1n) is 22.0. The summed E-state index contributed by atoms with van der Waals surface area (Å²) in [4.78, 5) is 16.0. The van der Waals surface area contributed by atoms with Gasteiger partial charge < -0.3 is 4.42 Å². The Labute approximate surface area is 355 Å². The van der Waals surface area contributed by atoms with Crippen LogP contribution < -0.4 is 0 Å². The Morgan fingerprint density at radius 1 is 0.377 bits per heavy atom. The Bertz CT molecular complexity index is 3320. The fourth-order valence-electron chi connectivity index (χ4n) is 12.0. The number of benzene rings is 8. The highest BCUT2D eigenvalue weighted by molar-refractivity contribution is 6.06. The van der Waals surface area contributed by atoms with Crippen LogP contribution in [0.15, 0.2) is 174 Å². The highest BCUT2D eigenvalue weighted by atomic mass is 16.3. The summed E-state index contributed by atoms with van der Waals surface area (Å²) >= 11 is 0. The minimum Gasteiger partial charge on any atom is -0.456 e. The van der Waals surface area contributed by atoms with E-state index in [2.05, 4.69) is 158 Å². The normalized spacial score (nSPS) is 20.6. The summed E-state index contributed by atoms with van der Waals surface area (Å²) in [6, 6.07) is 61.1. The van der Waals surface area contributed by atoms with Gasteiger partial charge in [0.1, 0.15) is 11.2 Å². The monoisotopic (exact) mass is 785 g/mol. The van der Waals surface area contributed by atoms with E-state index in [4.69, 9.17) is 19.4 Å². The van der Waals surface area contributed by atoms with Gasteiger partial charge in [0.05, 0.1) is 0 Å². The van der Waals surface area contributed by atoms with Crippen LogP contribution in [-0.4, -0.2) is 15.0 Å².